The lowest BCUT2D eigenvalue weighted by Gasteiger charge is -2.12. The Kier molecular flexibility index (Phi) is 7.80. The van der Waals surface area contributed by atoms with E-state index in [4.69, 9.17) is 4.42 Å². The van der Waals surface area contributed by atoms with E-state index in [1.165, 1.54) is 6.42 Å². The zero-order chi connectivity index (χ0) is 16.2. The summed E-state index contributed by atoms with van der Waals surface area (Å²) in [4.78, 5) is 4.64. The second-order valence-electron chi connectivity index (χ2n) is 5.39. The van der Waals surface area contributed by atoms with E-state index >= 15 is 0 Å². The monoisotopic (exact) mass is 317 g/mol. The van der Waals surface area contributed by atoms with Gasteiger partial charge in [-0.1, -0.05) is 13.3 Å². The van der Waals surface area contributed by atoms with Crippen molar-refractivity contribution in [1.29, 1.82) is 0 Å². The summed E-state index contributed by atoms with van der Waals surface area (Å²) < 4.78 is 7.28. The third-order valence-electron chi connectivity index (χ3n) is 3.44. The molecule has 2 heterocycles. The van der Waals surface area contributed by atoms with E-state index in [0.717, 1.165) is 57.2 Å². The highest BCUT2D eigenvalue weighted by molar-refractivity contribution is 5.79. The highest BCUT2D eigenvalue weighted by Gasteiger charge is 2.00. The summed E-state index contributed by atoms with van der Waals surface area (Å²) in [6.07, 6.45) is 9.63. The van der Waals surface area contributed by atoms with Crippen molar-refractivity contribution in [2.24, 2.45) is 4.99 Å². The van der Waals surface area contributed by atoms with E-state index in [-0.39, 0.29) is 0 Å². The number of furan rings is 1. The van der Waals surface area contributed by atoms with Gasteiger partial charge < -0.3 is 15.1 Å². The van der Waals surface area contributed by atoms with Crippen LogP contribution in [0.4, 0.5) is 0 Å². The number of hydrogen-bond acceptors (Lipinski definition) is 3. The number of aliphatic imine (C=N–C) groups is 1. The molecule has 2 rings (SSSR count). The minimum Gasteiger partial charge on any atom is -0.469 e. The summed E-state index contributed by atoms with van der Waals surface area (Å²) in [7, 11) is 0. The Labute approximate surface area is 138 Å². The zero-order valence-corrected chi connectivity index (χ0v) is 13.9. The first-order valence-corrected chi connectivity index (χ1v) is 8.40. The number of aromatic nitrogens is 2. The highest BCUT2D eigenvalue weighted by atomic mass is 16.3. The first kappa shape index (κ1) is 17.1. The summed E-state index contributed by atoms with van der Waals surface area (Å²) in [6, 6.07) is 5.85. The minimum atomic E-state index is 0.780. The van der Waals surface area contributed by atoms with Crippen molar-refractivity contribution >= 4 is 5.96 Å². The van der Waals surface area contributed by atoms with Gasteiger partial charge >= 0.3 is 0 Å². The van der Waals surface area contributed by atoms with Crippen LogP contribution in [0.15, 0.2) is 46.3 Å². The Bertz CT molecular complexity index is 533. The fourth-order valence-corrected chi connectivity index (χ4v) is 2.17. The first-order chi connectivity index (χ1) is 11.4. The molecule has 0 bridgehead atoms. The quantitative estimate of drug-likeness (QED) is 0.401. The summed E-state index contributed by atoms with van der Waals surface area (Å²) >= 11 is 0. The van der Waals surface area contributed by atoms with Crippen LogP contribution in [0.1, 0.15) is 31.9 Å². The smallest absolute Gasteiger partial charge is 0.191 e. The van der Waals surface area contributed by atoms with Gasteiger partial charge in [-0.15, -0.1) is 0 Å². The van der Waals surface area contributed by atoms with E-state index in [1.807, 2.05) is 29.1 Å². The number of guanidine groups is 1. The Balaban J connectivity index is 1.71. The van der Waals surface area contributed by atoms with Crippen molar-refractivity contribution in [2.45, 2.75) is 39.2 Å². The number of unbranched alkanes of at least 4 members (excludes halogenated alkanes) is 1. The van der Waals surface area contributed by atoms with Crippen LogP contribution in [0.25, 0.3) is 0 Å². The molecule has 6 nitrogen and oxygen atoms in total. The van der Waals surface area contributed by atoms with Gasteiger partial charge in [0.1, 0.15) is 5.76 Å². The van der Waals surface area contributed by atoms with Gasteiger partial charge in [-0.25, -0.2) is 0 Å². The molecule has 2 N–H and O–H groups in total. The van der Waals surface area contributed by atoms with Crippen LogP contribution in [-0.2, 0) is 13.0 Å². The van der Waals surface area contributed by atoms with Crippen molar-refractivity contribution in [3.05, 3.63) is 42.6 Å². The Morgan fingerprint density at radius 1 is 1.26 bits per heavy atom. The topological polar surface area (TPSA) is 67.4 Å². The molecule has 23 heavy (non-hydrogen) atoms. The number of hydrogen-bond donors (Lipinski definition) is 2. The molecule has 2 aromatic heterocycles. The predicted octanol–water partition coefficient (Wildman–Crippen LogP) is 2.44. The maximum atomic E-state index is 5.34. The van der Waals surface area contributed by atoms with Gasteiger partial charge in [0.15, 0.2) is 5.96 Å². The van der Waals surface area contributed by atoms with E-state index in [0.29, 0.717) is 0 Å². The predicted molar refractivity (Wildman–Crippen MR) is 92.5 cm³/mol. The number of nitrogens with one attached hydrogen (secondary N) is 2. The molecule has 0 saturated carbocycles. The number of aryl methyl sites for hydroxylation is 1. The molecule has 0 aliphatic heterocycles. The van der Waals surface area contributed by atoms with Gasteiger partial charge in [-0.05, 0) is 31.0 Å². The van der Waals surface area contributed by atoms with Gasteiger partial charge in [0.05, 0.1) is 6.26 Å². The van der Waals surface area contributed by atoms with Gasteiger partial charge in [0.25, 0.3) is 0 Å². The second-order valence-corrected chi connectivity index (χ2v) is 5.39. The first-order valence-electron chi connectivity index (χ1n) is 8.40. The molecule has 0 unspecified atom stereocenters. The third-order valence-corrected chi connectivity index (χ3v) is 3.44. The normalized spacial score (nSPS) is 11.6. The van der Waals surface area contributed by atoms with Crippen LogP contribution in [-0.4, -0.2) is 35.4 Å². The average Bonchev–Trinajstić information content (AvgIpc) is 3.24. The molecule has 0 aliphatic carbocycles. The number of nitrogens with zero attached hydrogens (tertiary/aromatic N) is 3. The standard InChI is InChI=1S/C17H27N5O/c1-2-3-9-18-17(20-12-8-16-7-4-15-23-16)19-10-5-13-22-14-6-11-21-22/h4,6-7,11,14-15H,2-3,5,8-10,12-13H2,1H3,(H2,18,19,20). The fraction of sp³-hybridized carbons (Fsp3) is 0.529. The number of rotatable bonds is 10. The molecule has 0 aromatic carbocycles. The van der Waals surface area contributed by atoms with Crippen molar-refractivity contribution in [1.82, 2.24) is 20.4 Å². The van der Waals surface area contributed by atoms with Crippen molar-refractivity contribution < 1.29 is 4.42 Å². The van der Waals surface area contributed by atoms with Gasteiger partial charge in [-0.2, -0.15) is 5.10 Å². The molecular weight excluding hydrogens is 290 g/mol. The SMILES string of the molecule is CCCCNC(=NCCCn1cccn1)NCCc1ccco1. The zero-order valence-electron chi connectivity index (χ0n) is 13.9. The average molecular weight is 317 g/mol. The Morgan fingerprint density at radius 3 is 2.91 bits per heavy atom. The maximum Gasteiger partial charge on any atom is 0.191 e. The lowest BCUT2D eigenvalue weighted by atomic mass is 10.3. The Morgan fingerprint density at radius 2 is 2.17 bits per heavy atom. The van der Waals surface area contributed by atoms with Crippen molar-refractivity contribution in [2.75, 3.05) is 19.6 Å². The van der Waals surface area contributed by atoms with E-state index < -0.39 is 0 Å². The van der Waals surface area contributed by atoms with Crippen LogP contribution >= 0.6 is 0 Å². The van der Waals surface area contributed by atoms with Crippen LogP contribution in [0.5, 0.6) is 0 Å². The molecule has 0 saturated heterocycles. The van der Waals surface area contributed by atoms with Crippen LogP contribution in [0, 0.1) is 0 Å². The molecule has 0 aliphatic rings. The molecule has 2 aromatic rings. The third kappa shape index (κ3) is 7.04. The van der Waals surface area contributed by atoms with Gasteiger partial charge in [-0.3, -0.25) is 9.67 Å². The van der Waals surface area contributed by atoms with Crippen molar-refractivity contribution in [3.8, 4) is 0 Å². The minimum absolute atomic E-state index is 0.780. The molecule has 0 atom stereocenters. The summed E-state index contributed by atoms with van der Waals surface area (Å²) in [5, 5.41) is 10.9. The molecule has 0 spiro atoms. The van der Waals surface area contributed by atoms with Crippen LogP contribution in [0.3, 0.4) is 0 Å². The van der Waals surface area contributed by atoms with Crippen LogP contribution < -0.4 is 10.6 Å². The lowest BCUT2D eigenvalue weighted by Crippen LogP contribution is -2.39. The highest BCUT2D eigenvalue weighted by Crippen LogP contribution is 1.99. The maximum absolute atomic E-state index is 5.34. The lowest BCUT2D eigenvalue weighted by molar-refractivity contribution is 0.506. The fourth-order valence-electron chi connectivity index (χ4n) is 2.17. The van der Waals surface area contributed by atoms with E-state index in [1.54, 1.807) is 12.5 Å². The Hall–Kier alpha value is -2.24. The molecule has 0 amide bonds. The molecule has 0 fully saturated rings. The molecule has 6 heteroatoms. The summed E-state index contributed by atoms with van der Waals surface area (Å²) in [6.45, 7) is 5.62. The van der Waals surface area contributed by atoms with Gasteiger partial charge in [0, 0.05) is 45.0 Å². The van der Waals surface area contributed by atoms with Crippen molar-refractivity contribution in [3.63, 3.8) is 0 Å². The largest absolute Gasteiger partial charge is 0.469 e. The van der Waals surface area contributed by atoms with Gasteiger partial charge in [0.2, 0.25) is 0 Å². The summed E-state index contributed by atoms with van der Waals surface area (Å²) in [5.41, 5.74) is 0. The molecular formula is C17H27N5O. The van der Waals surface area contributed by atoms with Crippen LogP contribution in [0.2, 0.25) is 0 Å². The molecule has 126 valence electrons. The van der Waals surface area contributed by atoms with E-state index in [2.05, 4.69) is 27.6 Å². The second kappa shape index (κ2) is 10.5. The molecule has 0 radical (unpaired) electrons. The van der Waals surface area contributed by atoms with E-state index in [9.17, 15) is 0 Å². The summed E-state index contributed by atoms with van der Waals surface area (Å²) in [5.74, 6) is 1.87.